The van der Waals surface area contributed by atoms with Crippen molar-refractivity contribution in [3.05, 3.63) is 29.6 Å². The maximum atomic E-state index is 12.0. The minimum absolute atomic E-state index is 0.153. The molecule has 0 aliphatic rings. The van der Waals surface area contributed by atoms with E-state index in [0.717, 1.165) is 12.3 Å². The molecule has 1 nitrogen and oxygen atoms in total. The van der Waals surface area contributed by atoms with Crippen LogP contribution in [0.3, 0.4) is 0 Å². The molecular formula is C9H12F3N. The first-order valence-electron chi connectivity index (χ1n) is 3.99. The molecular weight excluding hydrogens is 179 g/mol. The highest BCUT2D eigenvalue weighted by atomic mass is 19.4. The summed E-state index contributed by atoms with van der Waals surface area (Å²) in [4.78, 5) is 3.56. The Morgan fingerprint density at radius 2 is 1.77 bits per heavy atom. The average molecular weight is 191 g/mol. The molecule has 1 aromatic rings. The molecule has 0 saturated carbocycles. The van der Waals surface area contributed by atoms with Crippen LogP contribution in [-0.2, 0) is 6.18 Å². The van der Waals surface area contributed by atoms with Crippen molar-refractivity contribution in [1.29, 1.82) is 0 Å². The number of aromatic nitrogens is 1. The van der Waals surface area contributed by atoms with E-state index in [4.69, 9.17) is 0 Å². The molecule has 0 aliphatic carbocycles. The third-order valence-corrected chi connectivity index (χ3v) is 1.33. The van der Waals surface area contributed by atoms with Gasteiger partial charge >= 0.3 is 6.18 Å². The van der Waals surface area contributed by atoms with Gasteiger partial charge in [-0.15, -0.1) is 0 Å². The molecule has 0 aliphatic heterocycles. The summed E-state index contributed by atoms with van der Waals surface area (Å²) in [5.41, 5.74) is -0.465. The van der Waals surface area contributed by atoms with Gasteiger partial charge in [0.1, 0.15) is 0 Å². The summed E-state index contributed by atoms with van der Waals surface area (Å²) >= 11 is 0. The highest BCUT2D eigenvalue weighted by Gasteiger charge is 2.31. The fraction of sp³-hybridized carbons (Fsp3) is 0.444. The van der Waals surface area contributed by atoms with Crippen LogP contribution in [0.25, 0.3) is 0 Å². The summed E-state index contributed by atoms with van der Waals surface area (Å²) in [7, 11) is 0. The maximum absolute atomic E-state index is 12.0. The maximum Gasteiger partial charge on any atom is 0.416 e. The van der Waals surface area contributed by atoms with Crippen molar-refractivity contribution < 1.29 is 13.2 Å². The van der Waals surface area contributed by atoms with Gasteiger partial charge in [0.25, 0.3) is 0 Å². The van der Waals surface area contributed by atoms with Gasteiger partial charge in [-0.05, 0) is 18.6 Å². The lowest BCUT2D eigenvalue weighted by molar-refractivity contribution is -0.138. The predicted octanol–water partition coefficient (Wildman–Crippen LogP) is 3.44. The zero-order valence-corrected chi connectivity index (χ0v) is 7.81. The molecule has 4 heteroatoms. The first-order chi connectivity index (χ1) is 6.02. The van der Waals surface area contributed by atoms with Gasteiger partial charge in [0.05, 0.1) is 5.56 Å². The second-order valence-corrected chi connectivity index (χ2v) is 2.19. The van der Waals surface area contributed by atoms with Gasteiger partial charge in [-0.25, -0.2) is 0 Å². The molecule has 0 amide bonds. The SMILES string of the molecule is CC.Cc1cnccc1C(F)(F)F. The molecule has 74 valence electrons. The molecule has 1 heterocycles. The van der Waals surface area contributed by atoms with E-state index in [1.165, 1.54) is 13.1 Å². The highest BCUT2D eigenvalue weighted by molar-refractivity contribution is 5.24. The second kappa shape index (κ2) is 4.84. The predicted molar refractivity (Wildman–Crippen MR) is 45.3 cm³/mol. The van der Waals surface area contributed by atoms with E-state index < -0.39 is 11.7 Å². The molecule has 0 N–H and O–H groups in total. The van der Waals surface area contributed by atoms with E-state index in [1.807, 2.05) is 13.8 Å². The molecule has 0 saturated heterocycles. The highest BCUT2D eigenvalue weighted by Crippen LogP contribution is 2.30. The minimum atomic E-state index is -4.26. The van der Waals surface area contributed by atoms with Crippen LogP contribution < -0.4 is 0 Å². The van der Waals surface area contributed by atoms with Crippen LogP contribution >= 0.6 is 0 Å². The van der Waals surface area contributed by atoms with Gasteiger partial charge in [0.15, 0.2) is 0 Å². The van der Waals surface area contributed by atoms with E-state index in [-0.39, 0.29) is 5.56 Å². The van der Waals surface area contributed by atoms with Crippen molar-refractivity contribution in [2.75, 3.05) is 0 Å². The number of hydrogen-bond donors (Lipinski definition) is 0. The summed E-state index contributed by atoms with van der Waals surface area (Å²) in [5, 5.41) is 0. The summed E-state index contributed by atoms with van der Waals surface area (Å²) in [6.45, 7) is 5.38. The number of alkyl halides is 3. The molecule has 0 spiro atoms. The molecule has 13 heavy (non-hydrogen) atoms. The number of nitrogens with zero attached hydrogens (tertiary/aromatic N) is 1. The molecule has 0 radical (unpaired) electrons. The summed E-state index contributed by atoms with van der Waals surface area (Å²) in [6.07, 6.45) is -1.92. The Morgan fingerprint density at radius 3 is 2.08 bits per heavy atom. The third kappa shape index (κ3) is 3.44. The van der Waals surface area contributed by atoms with E-state index in [0.29, 0.717) is 0 Å². The Hall–Kier alpha value is -1.06. The van der Waals surface area contributed by atoms with Gasteiger partial charge in [0, 0.05) is 12.4 Å². The van der Waals surface area contributed by atoms with Crippen LogP contribution in [0.4, 0.5) is 13.2 Å². The van der Waals surface area contributed by atoms with Crippen molar-refractivity contribution in [1.82, 2.24) is 4.98 Å². The molecule has 0 unspecified atom stereocenters. The fourth-order valence-corrected chi connectivity index (χ4v) is 0.791. The molecule has 0 aromatic carbocycles. The zero-order chi connectivity index (χ0) is 10.5. The topological polar surface area (TPSA) is 12.9 Å². The van der Waals surface area contributed by atoms with Gasteiger partial charge < -0.3 is 0 Å². The Morgan fingerprint density at radius 1 is 1.23 bits per heavy atom. The molecule has 0 atom stereocenters. The zero-order valence-electron chi connectivity index (χ0n) is 7.81. The van der Waals surface area contributed by atoms with Crippen LogP contribution in [0.5, 0.6) is 0 Å². The van der Waals surface area contributed by atoms with Crippen LogP contribution in [0.15, 0.2) is 18.5 Å². The fourth-order valence-electron chi connectivity index (χ4n) is 0.791. The lowest BCUT2D eigenvalue weighted by Gasteiger charge is -2.07. The van der Waals surface area contributed by atoms with Crippen molar-refractivity contribution in [2.24, 2.45) is 0 Å². The summed E-state index contributed by atoms with van der Waals surface area (Å²) in [6, 6.07) is 0.968. The van der Waals surface area contributed by atoms with Crippen molar-refractivity contribution in [2.45, 2.75) is 26.9 Å². The van der Waals surface area contributed by atoms with E-state index in [1.54, 1.807) is 0 Å². The Balaban J connectivity index is 0.000000671. The van der Waals surface area contributed by atoms with E-state index >= 15 is 0 Å². The quantitative estimate of drug-likeness (QED) is 0.612. The number of aryl methyl sites for hydroxylation is 1. The Kier molecular flexibility index (Phi) is 4.45. The first-order valence-corrected chi connectivity index (χ1v) is 3.99. The summed E-state index contributed by atoms with van der Waals surface area (Å²) in [5.74, 6) is 0. The normalized spacial score (nSPS) is 10.3. The average Bonchev–Trinajstić information content (AvgIpc) is 2.07. The number of halogens is 3. The van der Waals surface area contributed by atoms with Gasteiger partial charge in [0.2, 0.25) is 0 Å². The summed E-state index contributed by atoms with van der Waals surface area (Å²) < 4.78 is 36.1. The van der Waals surface area contributed by atoms with Crippen LogP contribution in [0, 0.1) is 6.92 Å². The number of pyridine rings is 1. The number of hydrogen-bond acceptors (Lipinski definition) is 1. The Bertz CT molecular complexity index is 255. The third-order valence-electron chi connectivity index (χ3n) is 1.33. The van der Waals surface area contributed by atoms with Crippen molar-refractivity contribution >= 4 is 0 Å². The number of rotatable bonds is 0. The van der Waals surface area contributed by atoms with Crippen molar-refractivity contribution in [3.8, 4) is 0 Å². The molecule has 0 fully saturated rings. The lowest BCUT2D eigenvalue weighted by atomic mass is 10.1. The standard InChI is InChI=1S/C7H6F3N.C2H6/c1-5-4-11-3-2-6(5)7(8,9)10;1-2/h2-4H,1H3;1-2H3. The largest absolute Gasteiger partial charge is 0.416 e. The van der Waals surface area contributed by atoms with E-state index in [9.17, 15) is 13.2 Å². The minimum Gasteiger partial charge on any atom is -0.264 e. The molecule has 1 aromatic heterocycles. The van der Waals surface area contributed by atoms with E-state index in [2.05, 4.69) is 4.98 Å². The smallest absolute Gasteiger partial charge is 0.264 e. The lowest BCUT2D eigenvalue weighted by Crippen LogP contribution is -2.07. The van der Waals surface area contributed by atoms with Gasteiger partial charge in [-0.3, -0.25) is 4.98 Å². The monoisotopic (exact) mass is 191 g/mol. The Labute approximate surface area is 75.6 Å². The van der Waals surface area contributed by atoms with Gasteiger partial charge in [-0.1, -0.05) is 13.8 Å². The van der Waals surface area contributed by atoms with Crippen LogP contribution in [0.2, 0.25) is 0 Å². The second-order valence-electron chi connectivity index (χ2n) is 2.19. The first kappa shape index (κ1) is 11.9. The molecule has 1 rings (SSSR count). The van der Waals surface area contributed by atoms with Crippen molar-refractivity contribution in [3.63, 3.8) is 0 Å². The molecule has 0 bridgehead atoms. The van der Waals surface area contributed by atoms with Gasteiger partial charge in [-0.2, -0.15) is 13.2 Å². The van der Waals surface area contributed by atoms with Crippen LogP contribution in [-0.4, -0.2) is 4.98 Å². The van der Waals surface area contributed by atoms with Crippen LogP contribution in [0.1, 0.15) is 25.0 Å².